The van der Waals surface area contributed by atoms with Gasteiger partial charge in [0.05, 0.1) is 0 Å². The predicted octanol–water partition coefficient (Wildman–Crippen LogP) is -2.20. The van der Waals surface area contributed by atoms with E-state index in [0.717, 1.165) is 52.4 Å². The van der Waals surface area contributed by atoms with Crippen molar-refractivity contribution in [1.82, 2.24) is 20.4 Å². The molecule has 2 heterocycles. The minimum Gasteiger partial charge on any atom is -0.441 e. The summed E-state index contributed by atoms with van der Waals surface area (Å²) in [5.74, 6) is -1.84. The molecule has 2 aliphatic rings. The lowest BCUT2D eigenvalue weighted by atomic mass is 10.4. The molecule has 0 aromatic heterocycles. The number of rotatable bonds is 4. The van der Waals surface area contributed by atoms with Crippen molar-refractivity contribution in [3.8, 4) is 0 Å². The van der Waals surface area contributed by atoms with Gasteiger partial charge in [-0.3, -0.25) is 9.80 Å². The molecule has 0 aliphatic carbocycles. The van der Waals surface area contributed by atoms with Gasteiger partial charge in [0.1, 0.15) is 13.5 Å². The third kappa shape index (κ3) is 5.04. The molecule has 2 fully saturated rings. The number of piperazine rings is 2. The molecule has 0 atom stereocenters. The Morgan fingerprint density at radius 2 is 1.10 bits per heavy atom. The zero-order valence-electron chi connectivity index (χ0n) is 11.6. The highest BCUT2D eigenvalue weighted by molar-refractivity contribution is 6.29. The van der Waals surface area contributed by atoms with Crippen LogP contribution in [0.5, 0.6) is 0 Å². The largest absolute Gasteiger partial charge is 0.441 e. The minimum absolute atomic E-state index is 0.142. The van der Waals surface area contributed by atoms with Gasteiger partial charge in [0.2, 0.25) is 0 Å². The van der Waals surface area contributed by atoms with Crippen molar-refractivity contribution in [2.24, 2.45) is 0 Å². The van der Waals surface area contributed by atoms with Gasteiger partial charge in [0, 0.05) is 52.4 Å². The summed E-state index contributed by atoms with van der Waals surface area (Å²) in [5.41, 5.74) is 0. The molecule has 0 amide bonds. The first kappa shape index (κ1) is 15.2. The van der Waals surface area contributed by atoms with Crippen molar-refractivity contribution in [2.75, 3.05) is 65.8 Å². The minimum atomic E-state index is -0.918. The molecule has 8 heteroatoms. The number of ether oxygens (including phenoxy) is 2. The van der Waals surface area contributed by atoms with Crippen molar-refractivity contribution in [1.29, 1.82) is 0 Å². The summed E-state index contributed by atoms with van der Waals surface area (Å²) in [6, 6.07) is 0. The Bertz CT molecular complexity index is 295. The SMILES string of the molecule is O=C(OCN1CCNCC1)C(=O)OCN1CCNCC1. The third-order valence-corrected chi connectivity index (χ3v) is 3.34. The Morgan fingerprint density at radius 1 is 0.750 bits per heavy atom. The van der Waals surface area contributed by atoms with Crippen LogP contribution in [0.1, 0.15) is 0 Å². The number of esters is 2. The van der Waals surface area contributed by atoms with Crippen LogP contribution in [-0.2, 0) is 19.1 Å². The third-order valence-electron chi connectivity index (χ3n) is 3.34. The lowest BCUT2D eigenvalue weighted by Gasteiger charge is -2.27. The van der Waals surface area contributed by atoms with Gasteiger partial charge in [0.25, 0.3) is 0 Å². The van der Waals surface area contributed by atoms with Crippen LogP contribution in [0.3, 0.4) is 0 Å². The lowest BCUT2D eigenvalue weighted by molar-refractivity contribution is -0.173. The average Bonchev–Trinajstić information content (AvgIpc) is 2.52. The van der Waals surface area contributed by atoms with Crippen molar-refractivity contribution in [3.63, 3.8) is 0 Å². The van der Waals surface area contributed by atoms with Gasteiger partial charge in [-0.25, -0.2) is 9.59 Å². The molecule has 0 saturated carbocycles. The number of carbonyl (C=O) groups excluding carboxylic acids is 2. The van der Waals surface area contributed by atoms with E-state index in [2.05, 4.69) is 10.6 Å². The Balaban J connectivity index is 1.59. The van der Waals surface area contributed by atoms with Crippen LogP contribution in [0.4, 0.5) is 0 Å². The molecule has 2 rings (SSSR count). The van der Waals surface area contributed by atoms with E-state index in [0.29, 0.717) is 0 Å². The van der Waals surface area contributed by atoms with Gasteiger partial charge in [-0.15, -0.1) is 0 Å². The van der Waals surface area contributed by atoms with Gasteiger partial charge >= 0.3 is 11.9 Å². The van der Waals surface area contributed by atoms with Crippen LogP contribution in [0.2, 0.25) is 0 Å². The van der Waals surface area contributed by atoms with Crippen molar-refractivity contribution < 1.29 is 19.1 Å². The second kappa shape index (κ2) is 8.15. The fourth-order valence-electron chi connectivity index (χ4n) is 2.10. The van der Waals surface area contributed by atoms with Crippen LogP contribution in [-0.4, -0.2) is 87.6 Å². The summed E-state index contributed by atoms with van der Waals surface area (Å²) >= 11 is 0. The molecule has 0 radical (unpaired) electrons. The second-order valence-electron chi connectivity index (χ2n) is 4.86. The van der Waals surface area contributed by atoms with Gasteiger partial charge < -0.3 is 20.1 Å². The van der Waals surface area contributed by atoms with E-state index in [-0.39, 0.29) is 13.5 Å². The smallest absolute Gasteiger partial charge is 0.418 e. The summed E-state index contributed by atoms with van der Waals surface area (Å²) in [6.45, 7) is 6.98. The van der Waals surface area contributed by atoms with E-state index in [1.807, 2.05) is 9.80 Å². The molecular formula is C12H22N4O4. The molecule has 0 aromatic carbocycles. The summed E-state index contributed by atoms with van der Waals surface area (Å²) in [7, 11) is 0. The number of carbonyl (C=O) groups is 2. The van der Waals surface area contributed by atoms with Gasteiger partial charge in [-0.2, -0.15) is 0 Å². The van der Waals surface area contributed by atoms with Crippen LogP contribution >= 0.6 is 0 Å². The van der Waals surface area contributed by atoms with E-state index >= 15 is 0 Å². The molecule has 2 saturated heterocycles. The van der Waals surface area contributed by atoms with Crippen molar-refractivity contribution in [2.45, 2.75) is 0 Å². The first-order valence-corrected chi connectivity index (χ1v) is 6.96. The number of hydrogen-bond donors (Lipinski definition) is 2. The zero-order chi connectivity index (χ0) is 14.2. The monoisotopic (exact) mass is 286 g/mol. The van der Waals surface area contributed by atoms with Crippen LogP contribution in [0.25, 0.3) is 0 Å². The van der Waals surface area contributed by atoms with Crippen LogP contribution in [0, 0.1) is 0 Å². The Hall–Kier alpha value is -1.22. The number of nitrogens with one attached hydrogen (secondary N) is 2. The summed E-state index contributed by atoms with van der Waals surface area (Å²) in [5, 5.41) is 6.39. The van der Waals surface area contributed by atoms with Crippen molar-refractivity contribution >= 4 is 11.9 Å². The first-order valence-electron chi connectivity index (χ1n) is 6.96. The molecule has 0 spiro atoms. The molecule has 0 bridgehead atoms. The van der Waals surface area contributed by atoms with Gasteiger partial charge in [-0.1, -0.05) is 0 Å². The van der Waals surface area contributed by atoms with Crippen LogP contribution < -0.4 is 10.6 Å². The highest BCUT2D eigenvalue weighted by Gasteiger charge is 2.21. The lowest BCUT2D eigenvalue weighted by Crippen LogP contribution is -2.46. The molecule has 2 aliphatic heterocycles. The van der Waals surface area contributed by atoms with Gasteiger partial charge in [0.15, 0.2) is 0 Å². The van der Waals surface area contributed by atoms with E-state index in [9.17, 15) is 9.59 Å². The molecule has 20 heavy (non-hydrogen) atoms. The molecule has 8 nitrogen and oxygen atoms in total. The summed E-state index contributed by atoms with van der Waals surface area (Å²) in [4.78, 5) is 26.9. The van der Waals surface area contributed by atoms with E-state index in [4.69, 9.17) is 9.47 Å². The highest BCUT2D eigenvalue weighted by Crippen LogP contribution is 1.96. The van der Waals surface area contributed by atoms with Gasteiger partial charge in [-0.05, 0) is 0 Å². The standard InChI is InChI=1S/C12H22N4O4/c17-11(19-9-15-5-1-13-2-6-15)12(18)20-10-16-7-3-14-4-8-16/h13-14H,1-10H2. The highest BCUT2D eigenvalue weighted by atomic mass is 16.6. The fraction of sp³-hybridized carbons (Fsp3) is 0.833. The Kier molecular flexibility index (Phi) is 6.19. The van der Waals surface area contributed by atoms with E-state index in [1.54, 1.807) is 0 Å². The second-order valence-corrected chi connectivity index (χ2v) is 4.86. The van der Waals surface area contributed by atoms with E-state index < -0.39 is 11.9 Å². The van der Waals surface area contributed by atoms with Crippen molar-refractivity contribution in [3.05, 3.63) is 0 Å². The number of hydrogen-bond acceptors (Lipinski definition) is 8. The average molecular weight is 286 g/mol. The fourth-order valence-corrected chi connectivity index (χ4v) is 2.10. The topological polar surface area (TPSA) is 83.1 Å². The number of nitrogens with zero attached hydrogens (tertiary/aromatic N) is 2. The molecule has 0 unspecified atom stereocenters. The maximum atomic E-state index is 11.5. The molecular weight excluding hydrogens is 264 g/mol. The summed E-state index contributed by atoms with van der Waals surface area (Å²) < 4.78 is 9.87. The zero-order valence-corrected chi connectivity index (χ0v) is 11.6. The first-order chi connectivity index (χ1) is 9.75. The maximum absolute atomic E-state index is 11.5. The van der Waals surface area contributed by atoms with Crippen LogP contribution in [0.15, 0.2) is 0 Å². The molecule has 2 N–H and O–H groups in total. The predicted molar refractivity (Wildman–Crippen MR) is 70.8 cm³/mol. The normalized spacial score (nSPS) is 21.4. The maximum Gasteiger partial charge on any atom is 0.418 e. The Morgan fingerprint density at radius 3 is 1.45 bits per heavy atom. The van der Waals surface area contributed by atoms with E-state index in [1.165, 1.54) is 0 Å². The summed E-state index contributed by atoms with van der Waals surface area (Å²) in [6.07, 6.45) is 0. The molecule has 114 valence electrons. The quantitative estimate of drug-likeness (QED) is 0.445. The molecule has 0 aromatic rings. The Labute approximate surface area is 118 Å².